The maximum Gasteiger partial charge on any atom is 0.269 e. The Kier molecular flexibility index (Phi) is 3.49. The van der Waals surface area contributed by atoms with Crippen molar-refractivity contribution in [2.24, 2.45) is 16.8 Å². The Bertz CT molecular complexity index is 483. The van der Waals surface area contributed by atoms with Crippen LogP contribution in [0.25, 0.3) is 0 Å². The van der Waals surface area contributed by atoms with Crippen molar-refractivity contribution < 1.29 is 4.79 Å². The number of hydrazine groups is 1. The number of amidine groups is 1. The molecule has 1 fully saturated rings. The van der Waals surface area contributed by atoms with Gasteiger partial charge in [0.05, 0.1) is 0 Å². The monoisotopic (exact) mass is 257 g/mol. The molecular weight excluding hydrogens is 238 g/mol. The van der Waals surface area contributed by atoms with Gasteiger partial charge < -0.3 is 0 Å². The van der Waals surface area contributed by atoms with Gasteiger partial charge in [-0.2, -0.15) is 0 Å². The van der Waals surface area contributed by atoms with Gasteiger partial charge in [-0.05, 0) is 30.9 Å². The van der Waals surface area contributed by atoms with E-state index in [1.807, 2.05) is 18.2 Å². The summed E-state index contributed by atoms with van der Waals surface area (Å²) in [6, 6.07) is 9.23. The number of hydrogen-bond acceptors (Lipinski definition) is 3. The average molecular weight is 257 g/mol. The van der Waals surface area contributed by atoms with Crippen LogP contribution in [-0.4, -0.2) is 18.3 Å². The third-order valence-electron chi connectivity index (χ3n) is 4.10. The average Bonchev–Trinajstić information content (AvgIpc) is 2.89. The van der Waals surface area contributed by atoms with Gasteiger partial charge in [0.2, 0.25) is 0 Å². The van der Waals surface area contributed by atoms with Crippen molar-refractivity contribution in [3.63, 3.8) is 0 Å². The van der Waals surface area contributed by atoms with Crippen LogP contribution in [-0.2, 0) is 0 Å². The molecule has 1 heterocycles. The second kappa shape index (κ2) is 5.43. The first-order valence-electron chi connectivity index (χ1n) is 7.00. The van der Waals surface area contributed by atoms with Crippen LogP contribution in [0.4, 0.5) is 0 Å². The molecule has 1 saturated carbocycles. The van der Waals surface area contributed by atoms with E-state index >= 15 is 0 Å². The van der Waals surface area contributed by atoms with Crippen molar-refractivity contribution in [3.05, 3.63) is 35.9 Å². The molecule has 2 atom stereocenters. The van der Waals surface area contributed by atoms with Gasteiger partial charge in [-0.15, -0.1) is 0 Å². The maximum absolute atomic E-state index is 11.9. The van der Waals surface area contributed by atoms with Gasteiger partial charge in [-0.25, -0.2) is 0 Å². The zero-order valence-corrected chi connectivity index (χ0v) is 10.9. The lowest BCUT2D eigenvalue weighted by Crippen LogP contribution is -2.44. The van der Waals surface area contributed by atoms with E-state index in [1.54, 1.807) is 12.1 Å². The lowest BCUT2D eigenvalue weighted by atomic mass is 9.80. The van der Waals surface area contributed by atoms with E-state index in [2.05, 4.69) is 15.8 Å². The summed E-state index contributed by atoms with van der Waals surface area (Å²) >= 11 is 0. The fourth-order valence-electron chi connectivity index (χ4n) is 3.03. The van der Waals surface area contributed by atoms with Crippen LogP contribution in [0, 0.1) is 11.8 Å². The van der Waals surface area contributed by atoms with E-state index < -0.39 is 0 Å². The molecule has 0 unspecified atom stereocenters. The predicted molar refractivity (Wildman–Crippen MR) is 74.8 cm³/mol. The fourth-order valence-corrected chi connectivity index (χ4v) is 3.03. The molecule has 2 aliphatic rings. The van der Waals surface area contributed by atoms with E-state index in [-0.39, 0.29) is 5.91 Å². The number of aliphatic imine (C=N–C) groups is 1. The van der Waals surface area contributed by atoms with Crippen molar-refractivity contribution in [3.8, 4) is 0 Å². The molecule has 0 saturated heterocycles. The van der Waals surface area contributed by atoms with Gasteiger partial charge in [0.1, 0.15) is 5.84 Å². The van der Waals surface area contributed by atoms with Gasteiger partial charge in [-0.1, -0.05) is 31.0 Å². The van der Waals surface area contributed by atoms with Crippen LogP contribution in [0.15, 0.2) is 35.3 Å². The normalized spacial score (nSPS) is 25.4. The number of nitrogens with one attached hydrogen (secondary N) is 2. The van der Waals surface area contributed by atoms with E-state index in [0.717, 1.165) is 12.4 Å². The Labute approximate surface area is 113 Å². The van der Waals surface area contributed by atoms with E-state index in [0.29, 0.717) is 17.4 Å². The highest BCUT2D eigenvalue weighted by Gasteiger charge is 2.33. The highest BCUT2D eigenvalue weighted by Crippen LogP contribution is 2.34. The highest BCUT2D eigenvalue weighted by molar-refractivity contribution is 5.96. The summed E-state index contributed by atoms with van der Waals surface area (Å²) < 4.78 is 0. The van der Waals surface area contributed by atoms with Gasteiger partial charge in [0.15, 0.2) is 0 Å². The minimum Gasteiger partial charge on any atom is -0.285 e. The Morgan fingerprint density at radius 1 is 1.16 bits per heavy atom. The molecule has 0 radical (unpaired) electrons. The van der Waals surface area contributed by atoms with Crippen LogP contribution >= 0.6 is 0 Å². The molecule has 1 aromatic rings. The minimum absolute atomic E-state index is 0.109. The number of carbonyl (C=O) groups excluding carboxylic acids is 1. The zero-order valence-electron chi connectivity index (χ0n) is 10.9. The SMILES string of the molecule is O=C(NNC1=NC[C@@H]2CCCC[C@H]12)c1ccccc1. The standard InChI is InChI=1S/C15H19N3O/c19-15(11-6-2-1-3-7-11)18-17-14-13-9-5-4-8-12(13)10-16-14/h1-3,6-7,12-13H,4-5,8-10H2,(H,16,17)(H,18,19)/t12-,13-/m0/s1. The van der Waals surface area contributed by atoms with Gasteiger partial charge in [0.25, 0.3) is 5.91 Å². The van der Waals surface area contributed by atoms with E-state index in [1.165, 1.54) is 25.7 Å². The number of benzene rings is 1. The van der Waals surface area contributed by atoms with Gasteiger partial charge in [-0.3, -0.25) is 20.6 Å². The molecule has 1 aliphatic heterocycles. The van der Waals surface area contributed by atoms with Crippen LogP contribution in [0.1, 0.15) is 36.0 Å². The first-order chi connectivity index (χ1) is 9.34. The number of carbonyl (C=O) groups is 1. The summed E-state index contributed by atoms with van der Waals surface area (Å²) in [7, 11) is 0. The smallest absolute Gasteiger partial charge is 0.269 e. The quantitative estimate of drug-likeness (QED) is 0.757. The van der Waals surface area contributed by atoms with Gasteiger partial charge in [0, 0.05) is 18.0 Å². The van der Waals surface area contributed by atoms with Crippen molar-refractivity contribution in [1.82, 2.24) is 10.9 Å². The first-order valence-corrected chi connectivity index (χ1v) is 7.00. The molecule has 1 amide bonds. The van der Waals surface area contributed by atoms with Crippen molar-refractivity contribution >= 4 is 11.7 Å². The predicted octanol–water partition coefficient (Wildman–Crippen LogP) is 2.14. The first kappa shape index (κ1) is 12.2. The molecule has 0 aromatic heterocycles. The number of rotatable bonds is 1. The molecule has 1 aromatic carbocycles. The molecule has 0 spiro atoms. The summed E-state index contributed by atoms with van der Waals surface area (Å²) in [4.78, 5) is 16.5. The highest BCUT2D eigenvalue weighted by atomic mass is 16.2. The lowest BCUT2D eigenvalue weighted by molar-refractivity contribution is 0.0942. The van der Waals surface area contributed by atoms with Gasteiger partial charge >= 0.3 is 0 Å². The van der Waals surface area contributed by atoms with E-state index in [4.69, 9.17) is 0 Å². The van der Waals surface area contributed by atoms with Crippen molar-refractivity contribution in [2.75, 3.05) is 6.54 Å². The second-order valence-corrected chi connectivity index (χ2v) is 5.32. The van der Waals surface area contributed by atoms with Crippen LogP contribution in [0.3, 0.4) is 0 Å². The Morgan fingerprint density at radius 3 is 2.79 bits per heavy atom. The van der Waals surface area contributed by atoms with Crippen LogP contribution in [0.2, 0.25) is 0 Å². The topological polar surface area (TPSA) is 53.5 Å². The number of hydrogen-bond donors (Lipinski definition) is 2. The molecule has 4 heteroatoms. The second-order valence-electron chi connectivity index (χ2n) is 5.32. The molecule has 19 heavy (non-hydrogen) atoms. The Balaban J connectivity index is 1.57. The summed E-state index contributed by atoms with van der Waals surface area (Å²) in [5.74, 6) is 2.06. The Hall–Kier alpha value is -1.84. The number of nitrogens with zero attached hydrogens (tertiary/aromatic N) is 1. The summed E-state index contributed by atoms with van der Waals surface area (Å²) in [5.41, 5.74) is 6.44. The zero-order chi connectivity index (χ0) is 13.1. The number of amides is 1. The largest absolute Gasteiger partial charge is 0.285 e. The number of fused-ring (bicyclic) bond motifs is 1. The van der Waals surface area contributed by atoms with Crippen LogP contribution < -0.4 is 10.9 Å². The molecule has 1 aliphatic carbocycles. The third kappa shape index (κ3) is 2.62. The lowest BCUT2D eigenvalue weighted by Gasteiger charge is -2.26. The minimum atomic E-state index is -0.109. The van der Waals surface area contributed by atoms with Crippen molar-refractivity contribution in [2.45, 2.75) is 25.7 Å². The fraction of sp³-hybridized carbons (Fsp3) is 0.467. The molecule has 3 rings (SSSR count). The molecule has 0 bridgehead atoms. The molecule has 2 N–H and O–H groups in total. The summed E-state index contributed by atoms with van der Waals surface area (Å²) in [5, 5.41) is 0. The molecular formula is C15H19N3O. The third-order valence-corrected chi connectivity index (χ3v) is 4.10. The Morgan fingerprint density at radius 2 is 1.95 bits per heavy atom. The summed E-state index contributed by atoms with van der Waals surface area (Å²) in [6.07, 6.45) is 5.05. The van der Waals surface area contributed by atoms with E-state index in [9.17, 15) is 4.79 Å². The maximum atomic E-state index is 11.9. The van der Waals surface area contributed by atoms with Crippen LogP contribution in [0.5, 0.6) is 0 Å². The molecule has 4 nitrogen and oxygen atoms in total. The van der Waals surface area contributed by atoms with Crippen molar-refractivity contribution in [1.29, 1.82) is 0 Å². The summed E-state index contributed by atoms with van der Waals surface area (Å²) in [6.45, 7) is 0.911. The molecule has 100 valence electrons.